The van der Waals surface area contributed by atoms with Gasteiger partial charge in [0.05, 0.1) is 0 Å². The molecule has 2 rings (SSSR count). The predicted octanol–water partition coefficient (Wildman–Crippen LogP) is 14.0. The zero-order chi connectivity index (χ0) is 41.3. The minimum absolute atomic E-state index is 0.325. The van der Waals surface area contributed by atoms with Gasteiger partial charge in [-0.2, -0.15) is 16.8 Å². The Labute approximate surface area is 343 Å². The summed E-state index contributed by atoms with van der Waals surface area (Å²) in [5.74, 6) is 1.95. The summed E-state index contributed by atoms with van der Waals surface area (Å²) in [7, 11) is -8.48. The number of unbranched alkanes of at least 4 members (excludes halogenated alkanes) is 14. The summed E-state index contributed by atoms with van der Waals surface area (Å²) in [6.07, 6.45) is 29.4. The van der Waals surface area contributed by atoms with Crippen molar-refractivity contribution in [3.05, 3.63) is 60.7 Å². The first-order valence-corrected chi connectivity index (χ1v) is 25.3. The SMILES string of the molecule is CCCCC(CCCC)CCC(Oc1ccccc1)S(=O)(=O)O.CCCCCCCCCC(CCCCCCCCC)CCC(Oc1ccccc1)S(=O)(=O)O. The van der Waals surface area contributed by atoms with Crippen LogP contribution in [0.3, 0.4) is 0 Å². The molecule has 56 heavy (non-hydrogen) atoms. The Morgan fingerprint density at radius 3 is 0.982 bits per heavy atom. The third-order valence-electron chi connectivity index (χ3n) is 10.7. The summed E-state index contributed by atoms with van der Waals surface area (Å²) in [4.78, 5) is 0. The molecule has 0 aliphatic heterocycles. The summed E-state index contributed by atoms with van der Waals surface area (Å²) in [5, 5.41) is 0. The van der Waals surface area contributed by atoms with Gasteiger partial charge in [0.25, 0.3) is 0 Å². The molecule has 0 radical (unpaired) electrons. The van der Waals surface area contributed by atoms with Crippen LogP contribution in [0.4, 0.5) is 0 Å². The molecular weight excluding hydrogens is 745 g/mol. The molecule has 0 fully saturated rings. The van der Waals surface area contributed by atoms with Crippen molar-refractivity contribution >= 4 is 20.2 Å². The first-order chi connectivity index (χ1) is 26.9. The lowest BCUT2D eigenvalue weighted by Gasteiger charge is -2.21. The van der Waals surface area contributed by atoms with Gasteiger partial charge in [-0.3, -0.25) is 9.11 Å². The van der Waals surface area contributed by atoms with Crippen molar-refractivity contribution in [3.8, 4) is 11.5 Å². The van der Waals surface area contributed by atoms with E-state index in [1.165, 1.54) is 89.9 Å². The average molecular weight is 825 g/mol. The summed E-state index contributed by atoms with van der Waals surface area (Å²) in [5.41, 5.74) is -2.37. The molecule has 2 N–H and O–H groups in total. The van der Waals surface area contributed by atoms with Crippen LogP contribution in [-0.4, -0.2) is 36.8 Å². The summed E-state index contributed by atoms with van der Waals surface area (Å²) < 4.78 is 77.5. The standard InChI is InChI=1S/C28H50O4S.C18H30O4S/c1-3-5-7-9-11-13-16-20-26(21-17-14-12-10-8-6-4-2)24-25-28(33(29,30)31)32-27-22-18-15-19-23-27;1-3-5-10-16(11-6-4-2)14-15-18(23(19,20)21)22-17-12-8-7-9-13-17/h15,18-19,22-23,26,28H,3-14,16-17,20-21,24-25H2,1-2H3,(H,29,30,31);7-9,12-13,16,18H,3-6,10-11,14-15H2,1-2H3,(H,19,20,21). The van der Waals surface area contributed by atoms with E-state index in [2.05, 4.69) is 27.7 Å². The van der Waals surface area contributed by atoms with Crippen LogP contribution in [-0.2, 0) is 20.2 Å². The largest absolute Gasteiger partial charge is 0.472 e. The highest BCUT2D eigenvalue weighted by Gasteiger charge is 2.27. The fourth-order valence-electron chi connectivity index (χ4n) is 7.21. The highest BCUT2D eigenvalue weighted by Crippen LogP contribution is 2.28. The van der Waals surface area contributed by atoms with E-state index < -0.39 is 31.1 Å². The van der Waals surface area contributed by atoms with Crippen molar-refractivity contribution in [2.24, 2.45) is 11.8 Å². The maximum Gasteiger partial charge on any atom is 0.303 e. The predicted molar refractivity (Wildman–Crippen MR) is 235 cm³/mol. The lowest BCUT2D eigenvalue weighted by Crippen LogP contribution is -2.27. The molecule has 2 aromatic carbocycles. The Balaban J connectivity index is 0.000000597. The second-order valence-corrected chi connectivity index (χ2v) is 18.9. The molecule has 8 nitrogen and oxygen atoms in total. The van der Waals surface area contributed by atoms with Crippen molar-refractivity contribution in [1.82, 2.24) is 0 Å². The van der Waals surface area contributed by atoms with Gasteiger partial charge in [0.2, 0.25) is 10.9 Å². The van der Waals surface area contributed by atoms with Crippen LogP contribution in [0.15, 0.2) is 60.7 Å². The Morgan fingerprint density at radius 1 is 0.393 bits per heavy atom. The van der Waals surface area contributed by atoms with Gasteiger partial charge in [-0.15, -0.1) is 0 Å². The minimum atomic E-state index is -4.26. The van der Waals surface area contributed by atoms with Crippen molar-refractivity contribution in [2.75, 3.05) is 0 Å². The van der Waals surface area contributed by atoms with Gasteiger partial charge in [0.15, 0.2) is 0 Å². The average Bonchev–Trinajstić information content (AvgIpc) is 3.17. The van der Waals surface area contributed by atoms with E-state index in [0.717, 1.165) is 64.2 Å². The van der Waals surface area contributed by atoms with E-state index in [9.17, 15) is 25.9 Å². The molecule has 10 heteroatoms. The molecule has 2 aromatic rings. The van der Waals surface area contributed by atoms with Gasteiger partial charge in [-0.25, -0.2) is 0 Å². The lowest BCUT2D eigenvalue weighted by molar-refractivity contribution is 0.227. The van der Waals surface area contributed by atoms with E-state index in [-0.39, 0.29) is 0 Å². The van der Waals surface area contributed by atoms with E-state index in [4.69, 9.17) is 9.47 Å². The summed E-state index contributed by atoms with van der Waals surface area (Å²) >= 11 is 0. The molecule has 324 valence electrons. The first-order valence-electron chi connectivity index (χ1n) is 22.3. The number of rotatable bonds is 34. The zero-order valence-corrected chi connectivity index (χ0v) is 37.3. The Kier molecular flexibility index (Phi) is 30.4. The third kappa shape index (κ3) is 27.5. The highest BCUT2D eigenvalue weighted by molar-refractivity contribution is 7.86. The molecule has 2 atom stereocenters. The Bertz CT molecular complexity index is 1360. The van der Waals surface area contributed by atoms with Gasteiger partial charge in [-0.05, 0) is 48.9 Å². The highest BCUT2D eigenvalue weighted by atomic mass is 32.2. The number of para-hydroxylation sites is 2. The van der Waals surface area contributed by atoms with Gasteiger partial charge in [-0.1, -0.05) is 205 Å². The van der Waals surface area contributed by atoms with E-state index >= 15 is 0 Å². The van der Waals surface area contributed by atoms with Gasteiger partial charge in [0.1, 0.15) is 11.5 Å². The second kappa shape index (κ2) is 32.8. The molecule has 0 aliphatic rings. The number of hydrogen-bond donors (Lipinski definition) is 2. The van der Waals surface area contributed by atoms with Gasteiger partial charge >= 0.3 is 20.2 Å². The van der Waals surface area contributed by atoms with Crippen LogP contribution in [0.25, 0.3) is 0 Å². The van der Waals surface area contributed by atoms with Crippen LogP contribution in [0, 0.1) is 11.8 Å². The minimum Gasteiger partial charge on any atom is -0.472 e. The van der Waals surface area contributed by atoms with Gasteiger partial charge in [0, 0.05) is 12.8 Å². The van der Waals surface area contributed by atoms with Crippen LogP contribution in [0.2, 0.25) is 0 Å². The van der Waals surface area contributed by atoms with Gasteiger partial charge < -0.3 is 9.47 Å². The van der Waals surface area contributed by atoms with Crippen LogP contribution >= 0.6 is 0 Å². The summed E-state index contributed by atoms with van der Waals surface area (Å²) in [6.45, 7) is 8.82. The molecule has 0 saturated carbocycles. The molecule has 0 heterocycles. The molecular formula is C46H80O8S2. The third-order valence-corrected chi connectivity index (χ3v) is 12.7. The van der Waals surface area contributed by atoms with E-state index in [1.54, 1.807) is 48.5 Å². The van der Waals surface area contributed by atoms with Crippen molar-refractivity contribution in [1.29, 1.82) is 0 Å². The fourth-order valence-corrected chi connectivity index (χ4v) is 8.55. The molecule has 0 bridgehead atoms. The van der Waals surface area contributed by atoms with Crippen molar-refractivity contribution in [3.63, 3.8) is 0 Å². The number of hydrogen-bond acceptors (Lipinski definition) is 6. The molecule has 0 saturated heterocycles. The van der Waals surface area contributed by atoms with E-state index in [1.807, 2.05) is 12.1 Å². The maximum absolute atomic E-state index is 11.9. The topological polar surface area (TPSA) is 127 Å². The lowest BCUT2D eigenvalue weighted by atomic mass is 9.90. The van der Waals surface area contributed by atoms with Crippen molar-refractivity contribution in [2.45, 2.75) is 206 Å². The van der Waals surface area contributed by atoms with Crippen molar-refractivity contribution < 1.29 is 35.4 Å². The zero-order valence-electron chi connectivity index (χ0n) is 35.6. The smallest absolute Gasteiger partial charge is 0.303 e. The molecule has 2 unspecified atom stereocenters. The molecule has 0 spiro atoms. The van der Waals surface area contributed by atoms with Crippen LogP contribution in [0.5, 0.6) is 11.5 Å². The van der Waals surface area contributed by atoms with Crippen LogP contribution < -0.4 is 9.47 Å². The monoisotopic (exact) mass is 825 g/mol. The van der Waals surface area contributed by atoms with E-state index in [0.29, 0.717) is 36.2 Å². The fraction of sp³-hybridized carbons (Fsp3) is 0.739. The molecule has 0 aromatic heterocycles. The number of benzene rings is 2. The maximum atomic E-state index is 11.9. The number of ether oxygens (including phenoxy) is 2. The normalized spacial score (nSPS) is 13.0. The molecule has 0 aliphatic carbocycles. The Morgan fingerprint density at radius 2 is 0.679 bits per heavy atom. The summed E-state index contributed by atoms with van der Waals surface area (Å²) in [6, 6.07) is 17.7. The second-order valence-electron chi connectivity index (χ2n) is 15.7. The molecule has 0 amide bonds. The quantitative estimate of drug-likeness (QED) is 0.0527. The van der Waals surface area contributed by atoms with Crippen LogP contribution in [0.1, 0.15) is 195 Å². The Hall–Kier alpha value is -2.14. The first kappa shape index (κ1) is 51.9.